The molecule has 0 amide bonds. The maximum absolute atomic E-state index is 11.2. The average molecular weight is 390 g/mol. The Balaban J connectivity index is 2.37. The minimum absolute atomic E-state index is 0.0513. The topological polar surface area (TPSA) is 26.3 Å². The van der Waals surface area contributed by atoms with E-state index in [4.69, 9.17) is 39.5 Å². The minimum Gasteiger partial charge on any atom is -0.490 e. The molecule has 0 unspecified atom stereocenters. The summed E-state index contributed by atoms with van der Waals surface area (Å²) >= 11 is 17.3. The smallest absolute Gasteiger partial charge is 0.194 e. The van der Waals surface area contributed by atoms with Crippen LogP contribution in [0.3, 0.4) is 0 Å². The second kappa shape index (κ2) is 10.1. The van der Waals surface area contributed by atoms with Crippen LogP contribution in [0.4, 0.5) is 0 Å². The average Bonchev–Trinajstić information content (AvgIpc) is 2.46. The molecule has 0 saturated heterocycles. The van der Waals surface area contributed by atoms with Gasteiger partial charge in [-0.2, -0.15) is 0 Å². The molecule has 0 aliphatic carbocycles. The van der Waals surface area contributed by atoms with Crippen LogP contribution in [-0.2, 0) is 0 Å². The summed E-state index contributed by atoms with van der Waals surface area (Å²) in [6.07, 6.45) is 6.43. The largest absolute Gasteiger partial charge is 0.490 e. The van der Waals surface area contributed by atoms with E-state index in [0.29, 0.717) is 18.6 Å². The van der Waals surface area contributed by atoms with Gasteiger partial charge in [0.15, 0.2) is 9.58 Å². The van der Waals surface area contributed by atoms with E-state index in [-0.39, 0.29) is 5.78 Å². The van der Waals surface area contributed by atoms with Gasteiger partial charge in [0.25, 0.3) is 0 Å². The van der Waals surface area contributed by atoms with Gasteiger partial charge in [-0.05, 0) is 64.0 Å². The van der Waals surface area contributed by atoms with Crippen molar-refractivity contribution in [2.45, 2.75) is 43.8 Å². The predicted molar refractivity (Wildman–Crippen MR) is 104 cm³/mol. The highest BCUT2D eigenvalue weighted by molar-refractivity contribution is 6.67. The fraction of sp³-hybridized carbons (Fsp3) is 0.421. The molecule has 0 atom stereocenters. The monoisotopic (exact) mass is 388 g/mol. The number of halogens is 3. The Hall–Kier alpha value is -0.960. The zero-order chi connectivity index (χ0) is 18.2. The quantitative estimate of drug-likeness (QED) is 0.281. The van der Waals surface area contributed by atoms with Crippen molar-refractivity contribution in [2.24, 2.45) is 0 Å². The summed E-state index contributed by atoms with van der Waals surface area (Å²) in [6, 6.07) is 7.16. The highest BCUT2D eigenvalue weighted by Crippen LogP contribution is 2.33. The first-order valence-corrected chi connectivity index (χ1v) is 8.92. The fourth-order valence-electron chi connectivity index (χ4n) is 2.10. The Bertz CT molecular complexity index is 596. The van der Waals surface area contributed by atoms with Gasteiger partial charge in [-0.15, -0.1) is 0 Å². The highest BCUT2D eigenvalue weighted by atomic mass is 35.6. The number of carbonyl (C=O) groups excluding carboxylic acids is 1. The van der Waals surface area contributed by atoms with Crippen LogP contribution < -0.4 is 4.74 Å². The number of alkyl halides is 3. The lowest BCUT2D eigenvalue weighted by Crippen LogP contribution is -2.01. The molecule has 5 heteroatoms. The number of rotatable bonds is 8. The van der Waals surface area contributed by atoms with E-state index in [0.717, 1.165) is 24.2 Å². The van der Waals surface area contributed by atoms with Gasteiger partial charge in [0.05, 0.1) is 0 Å². The molecule has 0 radical (unpaired) electrons. The van der Waals surface area contributed by atoms with Crippen LogP contribution in [0.1, 0.15) is 50.4 Å². The Morgan fingerprint density at radius 1 is 1.04 bits per heavy atom. The molecule has 2 nitrogen and oxygen atoms in total. The Morgan fingerprint density at radius 2 is 1.67 bits per heavy atom. The molecular weight excluding hydrogens is 367 g/mol. The second-order valence-corrected chi connectivity index (χ2v) is 8.34. The third kappa shape index (κ3) is 9.36. The van der Waals surface area contributed by atoms with Gasteiger partial charge in [-0.3, -0.25) is 4.79 Å². The first-order valence-electron chi connectivity index (χ1n) is 7.79. The number of ketones is 1. The lowest BCUT2D eigenvalue weighted by Gasteiger charge is -2.10. The summed E-state index contributed by atoms with van der Waals surface area (Å²) in [5.74, 6) is 0.804. The molecule has 0 spiro atoms. The summed E-state index contributed by atoms with van der Waals surface area (Å²) in [6.45, 7) is 6.09. The first-order chi connectivity index (χ1) is 11.2. The van der Waals surface area contributed by atoms with Gasteiger partial charge >= 0.3 is 0 Å². The molecule has 0 bridgehead atoms. The molecule has 0 saturated carbocycles. The van der Waals surface area contributed by atoms with Crippen molar-refractivity contribution in [2.75, 3.05) is 6.61 Å². The minimum atomic E-state index is -1.22. The zero-order valence-corrected chi connectivity index (χ0v) is 16.5. The third-order valence-corrected chi connectivity index (χ3v) is 3.85. The highest BCUT2D eigenvalue weighted by Gasteiger charge is 2.19. The van der Waals surface area contributed by atoms with Gasteiger partial charge in [-0.25, -0.2) is 0 Å². The maximum Gasteiger partial charge on any atom is 0.194 e. The number of Topliss-reactive ketones (excluding diaryl/α,β-unsaturated/α-hetero) is 1. The molecule has 24 heavy (non-hydrogen) atoms. The molecule has 0 aromatic heterocycles. The molecule has 1 aromatic carbocycles. The van der Waals surface area contributed by atoms with Gasteiger partial charge in [0.2, 0.25) is 0 Å². The standard InChI is InChI=1S/C19H23Cl3O2/c1-14(5-4-6-15(2)13-19(20,21)22)11-12-24-18-9-7-17(8-10-18)16(3)23/h6-11H,4-5,12-13H2,1-3H3. The van der Waals surface area contributed by atoms with Crippen molar-refractivity contribution < 1.29 is 9.53 Å². The van der Waals surface area contributed by atoms with Crippen molar-refractivity contribution in [3.8, 4) is 5.75 Å². The second-order valence-electron chi connectivity index (χ2n) is 5.82. The molecule has 0 aliphatic heterocycles. The Morgan fingerprint density at radius 3 is 2.21 bits per heavy atom. The Labute approximate surface area is 159 Å². The lowest BCUT2D eigenvalue weighted by atomic mass is 10.1. The number of allylic oxidation sites excluding steroid dienone is 3. The molecule has 132 valence electrons. The van der Waals surface area contributed by atoms with Crippen LogP contribution in [0.25, 0.3) is 0 Å². The van der Waals surface area contributed by atoms with E-state index in [1.54, 1.807) is 19.1 Å². The van der Waals surface area contributed by atoms with E-state index >= 15 is 0 Å². The van der Waals surface area contributed by atoms with Gasteiger partial charge < -0.3 is 4.74 Å². The summed E-state index contributed by atoms with van der Waals surface area (Å²) in [7, 11) is 0. The molecule has 1 aromatic rings. The SMILES string of the molecule is CC(=O)c1ccc(OCC=C(C)CCC=C(C)CC(Cl)(Cl)Cl)cc1. The van der Waals surface area contributed by atoms with Crippen LogP contribution in [-0.4, -0.2) is 16.2 Å². The number of ether oxygens (including phenoxy) is 1. The van der Waals surface area contributed by atoms with E-state index < -0.39 is 3.79 Å². The van der Waals surface area contributed by atoms with Crippen molar-refractivity contribution >= 4 is 40.6 Å². The molecule has 0 N–H and O–H groups in total. The summed E-state index contributed by atoms with van der Waals surface area (Å²) in [5.41, 5.74) is 3.00. The number of carbonyl (C=O) groups is 1. The molecule has 0 aliphatic rings. The molecule has 1 rings (SSSR count). The molecule has 0 heterocycles. The number of hydrogen-bond acceptors (Lipinski definition) is 2. The van der Waals surface area contributed by atoms with Crippen molar-refractivity contribution in [3.63, 3.8) is 0 Å². The normalized spacial score (nSPS) is 13.1. The maximum atomic E-state index is 11.2. The first kappa shape index (κ1) is 21.1. The van der Waals surface area contributed by atoms with E-state index in [1.807, 2.05) is 19.1 Å². The van der Waals surface area contributed by atoms with Crippen LogP contribution in [0.5, 0.6) is 5.75 Å². The van der Waals surface area contributed by atoms with E-state index in [9.17, 15) is 4.79 Å². The third-order valence-electron chi connectivity index (χ3n) is 3.45. The fourth-order valence-corrected chi connectivity index (χ4v) is 2.74. The van der Waals surface area contributed by atoms with Gasteiger partial charge in [0.1, 0.15) is 12.4 Å². The van der Waals surface area contributed by atoms with Crippen LogP contribution in [0, 0.1) is 0 Å². The van der Waals surface area contributed by atoms with Crippen LogP contribution >= 0.6 is 34.8 Å². The van der Waals surface area contributed by atoms with Gasteiger partial charge in [0, 0.05) is 12.0 Å². The lowest BCUT2D eigenvalue weighted by molar-refractivity contribution is 0.101. The van der Waals surface area contributed by atoms with Crippen molar-refractivity contribution in [1.29, 1.82) is 0 Å². The number of benzene rings is 1. The summed E-state index contributed by atoms with van der Waals surface area (Å²) in [5, 5.41) is 0. The van der Waals surface area contributed by atoms with Crippen LogP contribution in [0.2, 0.25) is 0 Å². The summed E-state index contributed by atoms with van der Waals surface area (Å²) in [4.78, 5) is 11.2. The Kier molecular flexibility index (Phi) is 8.90. The van der Waals surface area contributed by atoms with E-state index in [1.165, 1.54) is 5.57 Å². The summed E-state index contributed by atoms with van der Waals surface area (Å²) < 4.78 is 4.42. The molecule has 0 fully saturated rings. The predicted octanol–water partition coefficient (Wildman–Crippen LogP) is 6.70. The van der Waals surface area contributed by atoms with Crippen LogP contribution in [0.15, 0.2) is 47.6 Å². The van der Waals surface area contributed by atoms with Crippen molar-refractivity contribution in [1.82, 2.24) is 0 Å². The molecular formula is C19H23Cl3O2. The van der Waals surface area contributed by atoms with Crippen molar-refractivity contribution in [3.05, 3.63) is 53.1 Å². The number of hydrogen-bond donors (Lipinski definition) is 0. The van der Waals surface area contributed by atoms with E-state index in [2.05, 4.69) is 19.1 Å². The zero-order valence-electron chi connectivity index (χ0n) is 14.2. The van der Waals surface area contributed by atoms with Gasteiger partial charge in [-0.1, -0.05) is 52.0 Å².